The van der Waals surface area contributed by atoms with E-state index >= 15 is 0 Å². The van der Waals surface area contributed by atoms with E-state index in [1.165, 1.54) is 14.2 Å². The highest BCUT2D eigenvalue weighted by Crippen LogP contribution is 2.29. The molecule has 1 N–H and O–H groups in total. The van der Waals surface area contributed by atoms with Gasteiger partial charge >= 0.3 is 0 Å². The minimum atomic E-state index is -0.811. The highest BCUT2D eigenvalue weighted by atomic mass is 16.5. The topological polar surface area (TPSA) is 89.9 Å². The molecule has 1 aromatic heterocycles. The summed E-state index contributed by atoms with van der Waals surface area (Å²) in [6, 6.07) is 12.1. The number of fused-ring (bicyclic) bond motifs is 1. The van der Waals surface area contributed by atoms with Gasteiger partial charge in [0.25, 0.3) is 11.7 Å². The predicted octanol–water partition coefficient (Wildman–Crippen LogP) is 3.35. The van der Waals surface area contributed by atoms with Crippen LogP contribution in [0.1, 0.15) is 24.2 Å². The molecule has 1 heterocycles. The Bertz CT molecular complexity index is 1150. The zero-order valence-electron chi connectivity index (χ0n) is 18.7. The number of nitrogens with zero attached hydrogens (tertiary/aromatic N) is 2. The van der Waals surface area contributed by atoms with Gasteiger partial charge in [-0.25, -0.2) is 0 Å². The van der Waals surface area contributed by atoms with Gasteiger partial charge in [0.05, 0.1) is 25.5 Å². The Kier molecular flexibility index (Phi) is 7.14. The lowest BCUT2D eigenvalue weighted by atomic mass is 10.1. The maximum absolute atomic E-state index is 13.1. The largest absolute Gasteiger partial charge is 0.497 e. The number of carbonyl (C=O) groups is 3. The number of ether oxygens (including phenoxy) is 2. The first-order valence-electron chi connectivity index (χ1n) is 10.4. The van der Waals surface area contributed by atoms with Crippen LogP contribution in [-0.4, -0.2) is 54.4 Å². The van der Waals surface area contributed by atoms with Crippen molar-refractivity contribution in [1.82, 2.24) is 9.47 Å². The zero-order valence-corrected chi connectivity index (χ0v) is 18.7. The molecule has 0 unspecified atom stereocenters. The van der Waals surface area contributed by atoms with Gasteiger partial charge in [-0.2, -0.15) is 0 Å². The third kappa shape index (κ3) is 4.59. The molecule has 0 spiro atoms. The van der Waals surface area contributed by atoms with E-state index in [9.17, 15) is 14.4 Å². The highest BCUT2D eigenvalue weighted by molar-refractivity contribution is 6.48. The summed E-state index contributed by atoms with van der Waals surface area (Å²) in [7, 11) is 2.98. The lowest BCUT2D eigenvalue weighted by molar-refractivity contribution is -0.131. The van der Waals surface area contributed by atoms with Crippen LogP contribution in [0.25, 0.3) is 10.9 Å². The molecule has 0 bridgehead atoms. The van der Waals surface area contributed by atoms with Crippen molar-refractivity contribution >= 4 is 34.2 Å². The maximum atomic E-state index is 13.1. The quantitative estimate of drug-likeness (QED) is 0.410. The SMILES string of the molecule is CCN(CC)C(=O)Cn1cc(C(=O)C(=O)Nc2cc(OC)ccc2OC)c2ccccc21. The lowest BCUT2D eigenvalue weighted by Crippen LogP contribution is -2.33. The third-order valence-electron chi connectivity index (χ3n) is 5.32. The molecule has 8 heteroatoms. The lowest BCUT2D eigenvalue weighted by Gasteiger charge is -2.19. The molecule has 168 valence electrons. The van der Waals surface area contributed by atoms with E-state index in [0.717, 1.165) is 0 Å². The number of aromatic nitrogens is 1. The number of ketones is 1. The second-order valence-corrected chi connectivity index (χ2v) is 7.10. The van der Waals surface area contributed by atoms with Crippen molar-refractivity contribution in [3.63, 3.8) is 0 Å². The van der Waals surface area contributed by atoms with E-state index in [1.807, 2.05) is 26.0 Å². The molecule has 0 saturated carbocycles. The number of nitrogens with one attached hydrogen (secondary N) is 1. The fourth-order valence-electron chi connectivity index (χ4n) is 3.59. The van der Waals surface area contributed by atoms with Gasteiger partial charge in [0.15, 0.2) is 0 Å². The average Bonchev–Trinajstić information content (AvgIpc) is 3.17. The fraction of sp³-hybridized carbons (Fsp3) is 0.292. The van der Waals surface area contributed by atoms with Crippen molar-refractivity contribution in [3.05, 3.63) is 54.2 Å². The Morgan fingerprint density at radius 2 is 1.72 bits per heavy atom. The van der Waals surface area contributed by atoms with Crippen LogP contribution in [0.2, 0.25) is 0 Å². The van der Waals surface area contributed by atoms with Gasteiger partial charge in [0, 0.05) is 36.3 Å². The Labute approximate surface area is 186 Å². The van der Waals surface area contributed by atoms with E-state index in [-0.39, 0.29) is 18.0 Å². The van der Waals surface area contributed by atoms with E-state index in [2.05, 4.69) is 5.32 Å². The Morgan fingerprint density at radius 3 is 2.38 bits per heavy atom. The molecule has 0 aliphatic carbocycles. The summed E-state index contributed by atoms with van der Waals surface area (Å²) in [5, 5.41) is 3.22. The van der Waals surface area contributed by atoms with Gasteiger partial charge in [-0.3, -0.25) is 14.4 Å². The summed E-state index contributed by atoms with van der Waals surface area (Å²) in [5.74, 6) is -0.658. The number of hydrogen-bond acceptors (Lipinski definition) is 5. The van der Waals surface area contributed by atoms with Crippen molar-refractivity contribution in [2.24, 2.45) is 0 Å². The number of rotatable bonds is 9. The van der Waals surface area contributed by atoms with E-state index in [1.54, 1.807) is 46.0 Å². The van der Waals surface area contributed by atoms with Gasteiger partial charge in [-0.15, -0.1) is 0 Å². The molecule has 8 nitrogen and oxygen atoms in total. The van der Waals surface area contributed by atoms with Crippen LogP contribution in [0.4, 0.5) is 5.69 Å². The van der Waals surface area contributed by atoms with Crippen molar-refractivity contribution in [2.45, 2.75) is 20.4 Å². The molecule has 0 saturated heterocycles. The number of benzene rings is 2. The number of anilines is 1. The normalized spacial score (nSPS) is 10.6. The monoisotopic (exact) mass is 437 g/mol. The molecule has 0 radical (unpaired) electrons. The van der Waals surface area contributed by atoms with Crippen LogP contribution in [0.5, 0.6) is 11.5 Å². The van der Waals surface area contributed by atoms with E-state index in [4.69, 9.17) is 9.47 Å². The number of hydrogen-bond donors (Lipinski definition) is 1. The van der Waals surface area contributed by atoms with Gasteiger partial charge in [-0.1, -0.05) is 18.2 Å². The van der Waals surface area contributed by atoms with Crippen molar-refractivity contribution < 1.29 is 23.9 Å². The molecular formula is C24H27N3O5. The Morgan fingerprint density at radius 1 is 1.00 bits per heavy atom. The van der Waals surface area contributed by atoms with Gasteiger partial charge in [-0.05, 0) is 32.0 Å². The molecule has 0 fully saturated rings. The van der Waals surface area contributed by atoms with Crippen LogP contribution in [-0.2, 0) is 16.1 Å². The molecule has 3 aromatic rings. The zero-order chi connectivity index (χ0) is 23.3. The predicted molar refractivity (Wildman–Crippen MR) is 122 cm³/mol. The molecule has 2 amide bonds. The van der Waals surface area contributed by atoms with Crippen LogP contribution in [0, 0.1) is 0 Å². The molecule has 0 atom stereocenters. The van der Waals surface area contributed by atoms with Crippen LogP contribution >= 0.6 is 0 Å². The number of para-hydroxylation sites is 1. The first-order valence-corrected chi connectivity index (χ1v) is 10.4. The van der Waals surface area contributed by atoms with Gasteiger partial charge < -0.3 is 24.3 Å². The van der Waals surface area contributed by atoms with E-state index < -0.39 is 11.7 Å². The highest BCUT2D eigenvalue weighted by Gasteiger charge is 2.24. The van der Waals surface area contributed by atoms with Crippen LogP contribution < -0.4 is 14.8 Å². The summed E-state index contributed by atoms with van der Waals surface area (Å²) in [6.07, 6.45) is 1.57. The maximum Gasteiger partial charge on any atom is 0.296 e. The van der Waals surface area contributed by atoms with Crippen LogP contribution in [0.3, 0.4) is 0 Å². The summed E-state index contributed by atoms with van der Waals surface area (Å²) < 4.78 is 12.2. The van der Waals surface area contributed by atoms with Crippen molar-refractivity contribution in [2.75, 3.05) is 32.6 Å². The Hall–Kier alpha value is -3.81. The molecule has 32 heavy (non-hydrogen) atoms. The molecule has 3 rings (SSSR count). The first-order chi connectivity index (χ1) is 15.4. The minimum Gasteiger partial charge on any atom is -0.497 e. The number of likely N-dealkylation sites (N-methyl/N-ethyl adjacent to an activating group) is 1. The van der Waals surface area contributed by atoms with E-state index in [0.29, 0.717) is 41.2 Å². The number of amides is 2. The van der Waals surface area contributed by atoms with Crippen molar-refractivity contribution in [3.8, 4) is 11.5 Å². The second kappa shape index (κ2) is 10.00. The summed E-state index contributed by atoms with van der Waals surface area (Å²) in [4.78, 5) is 40.2. The number of Topliss-reactive ketones (excluding diaryl/α,β-unsaturated/α-hetero) is 1. The number of methoxy groups -OCH3 is 2. The molecule has 2 aromatic carbocycles. The minimum absolute atomic E-state index is 0.0553. The first kappa shape index (κ1) is 22.9. The van der Waals surface area contributed by atoms with Crippen LogP contribution in [0.15, 0.2) is 48.7 Å². The van der Waals surface area contributed by atoms with Crippen molar-refractivity contribution in [1.29, 1.82) is 0 Å². The number of carbonyl (C=O) groups excluding carboxylic acids is 3. The third-order valence-corrected chi connectivity index (χ3v) is 5.32. The van der Waals surface area contributed by atoms with Gasteiger partial charge in [0.2, 0.25) is 5.91 Å². The second-order valence-electron chi connectivity index (χ2n) is 7.10. The van der Waals surface area contributed by atoms with Gasteiger partial charge in [0.1, 0.15) is 18.0 Å². The summed E-state index contributed by atoms with van der Waals surface area (Å²) in [6.45, 7) is 5.12. The molecule has 0 aliphatic heterocycles. The summed E-state index contributed by atoms with van der Waals surface area (Å²) in [5.41, 5.74) is 1.26. The molecule has 0 aliphatic rings. The fourth-order valence-corrected chi connectivity index (χ4v) is 3.59. The summed E-state index contributed by atoms with van der Waals surface area (Å²) >= 11 is 0. The Balaban J connectivity index is 1.92. The molecular weight excluding hydrogens is 410 g/mol. The average molecular weight is 437 g/mol. The smallest absolute Gasteiger partial charge is 0.296 e. The standard InChI is InChI=1S/C24H27N3O5/c1-5-26(6-2)22(28)15-27-14-18(17-9-7-8-10-20(17)27)23(29)24(30)25-19-13-16(31-3)11-12-21(19)32-4/h7-14H,5-6,15H2,1-4H3,(H,25,30).